The van der Waals surface area contributed by atoms with Crippen molar-refractivity contribution in [1.29, 1.82) is 0 Å². The van der Waals surface area contributed by atoms with E-state index in [0.29, 0.717) is 27.9 Å². The average molecular weight is 353 g/mol. The molecule has 25 heavy (non-hydrogen) atoms. The zero-order chi connectivity index (χ0) is 17.2. The van der Waals surface area contributed by atoms with Crippen LogP contribution in [0.3, 0.4) is 0 Å². The summed E-state index contributed by atoms with van der Waals surface area (Å²) in [7, 11) is 0. The van der Waals surface area contributed by atoms with Gasteiger partial charge >= 0.3 is 5.63 Å². The largest absolute Gasteiger partial charge is 0.422 e. The van der Waals surface area contributed by atoms with Crippen molar-refractivity contribution in [3.8, 4) is 11.3 Å². The molecule has 0 saturated heterocycles. The second-order valence-electron chi connectivity index (χ2n) is 6.51. The van der Waals surface area contributed by atoms with Crippen LogP contribution in [0.15, 0.2) is 50.0 Å². The lowest BCUT2D eigenvalue weighted by molar-refractivity contribution is 0.500. The molecule has 0 radical (unpaired) electrons. The molecule has 2 heterocycles. The van der Waals surface area contributed by atoms with E-state index in [1.807, 2.05) is 29.6 Å². The lowest BCUT2D eigenvalue weighted by Crippen LogP contribution is -2.13. The van der Waals surface area contributed by atoms with Crippen LogP contribution in [-0.2, 0) is 0 Å². The summed E-state index contributed by atoms with van der Waals surface area (Å²) in [6.07, 6.45) is 4.56. The summed E-state index contributed by atoms with van der Waals surface area (Å²) in [6, 6.07) is 9.30. The maximum atomic E-state index is 12.2. The molecule has 128 valence electrons. The summed E-state index contributed by atoms with van der Waals surface area (Å²) < 4.78 is 5.38. The van der Waals surface area contributed by atoms with Crippen LogP contribution in [0.2, 0.25) is 0 Å². The van der Waals surface area contributed by atoms with Crippen LogP contribution < -0.4 is 11.1 Å². The highest BCUT2D eigenvalue weighted by atomic mass is 32.1. The fourth-order valence-electron chi connectivity index (χ4n) is 3.18. The van der Waals surface area contributed by atoms with E-state index in [4.69, 9.17) is 4.42 Å². The van der Waals surface area contributed by atoms with E-state index in [-0.39, 0.29) is 5.63 Å². The third-order valence-electron chi connectivity index (χ3n) is 4.48. The Labute approximate surface area is 149 Å². The maximum absolute atomic E-state index is 12.2. The quantitative estimate of drug-likeness (QED) is 0.537. The van der Waals surface area contributed by atoms with E-state index in [9.17, 15) is 4.79 Å². The minimum Gasteiger partial charge on any atom is -0.422 e. The monoisotopic (exact) mass is 353 g/mol. The number of thiazole rings is 1. The summed E-state index contributed by atoms with van der Waals surface area (Å²) in [5, 5.41) is 7.92. The molecule has 4 rings (SSSR count). The van der Waals surface area contributed by atoms with Crippen molar-refractivity contribution in [3.05, 3.63) is 46.1 Å². The van der Waals surface area contributed by atoms with Crippen molar-refractivity contribution >= 4 is 33.1 Å². The van der Waals surface area contributed by atoms with Gasteiger partial charge in [0.05, 0.1) is 11.3 Å². The Bertz CT molecular complexity index is 989. The van der Waals surface area contributed by atoms with Gasteiger partial charge in [-0.05, 0) is 43.7 Å². The standard InChI is InChI=1S/C19H19N3O2S/c1-12-5-4-7-14(9-12)21-22-19-20-16(11-25-19)15-10-13-6-2-3-8-17(13)24-18(15)23/h2-3,6,8,10-12H,4-5,7,9H2,1H3,(H,20,22)/b21-14+/t12-/m1/s1. The van der Waals surface area contributed by atoms with E-state index >= 15 is 0 Å². The fourth-order valence-corrected chi connectivity index (χ4v) is 3.83. The summed E-state index contributed by atoms with van der Waals surface area (Å²) in [5.41, 5.74) is 5.54. The highest BCUT2D eigenvalue weighted by Gasteiger charge is 2.15. The molecule has 1 N–H and O–H groups in total. The molecule has 5 nitrogen and oxygen atoms in total. The summed E-state index contributed by atoms with van der Waals surface area (Å²) in [4.78, 5) is 16.7. The van der Waals surface area contributed by atoms with E-state index in [1.54, 1.807) is 6.07 Å². The number of aromatic nitrogens is 1. The smallest absolute Gasteiger partial charge is 0.345 e. The number of para-hydroxylation sites is 1. The van der Waals surface area contributed by atoms with Gasteiger partial charge in [0.2, 0.25) is 5.13 Å². The molecule has 1 aromatic carbocycles. The van der Waals surface area contributed by atoms with E-state index in [1.165, 1.54) is 29.9 Å². The van der Waals surface area contributed by atoms with E-state index in [2.05, 4.69) is 22.4 Å². The summed E-state index contributed by atoms with van der Waals surface area (Å²) in [6.45, 7) is 2.26. The van der Waals surface area contributed by atoms with Gasteiger partial charge in [-0.15, -0.1) is 11.3 Å². The average Bonchev–Trinajstić information content (AvgIpc) is 3.08. The second-order valence-corrected chi connectivity index (χ2v) is 7.37. The molecule has 0 unspecified atom stereocenters. The van der Waals surface area contributed by atoms with Gasteiger partial charge in [-0.3, -0.25) is 5.43 Å². The Hall–Kier alpha value is -2.47. The molecule has 0 amide bonds. The molecule has 0 bridgehead atoms. The minimum atomic E-state index is -0.372. The van der Waals surface area contributed by atoms with Crippen molar-refractivity contribution < 1.29 is 4.42 Å². The molecule has 1 atom stereocenters. The number of hydrogen-bond acceptors (Lipinski definition) is 6. The van der Waals surface area contributed by atoms with Crippen molar-refractivity contribution in [2.24, 2.45) is 11.0 Å². The normalized spacial score (nSPS) is 19.4. The minimum absolute atomic E-state index is 0.372. The molecule has 1 fully saturated rings. The van der Waals surface area contributed by atoms with Crippen LogP contribution in [-0.4, -0.2) is 10.7 Å². The van der Waals surface area contributed by atoms with Crippen LogP contribution in [0.5, 0.6) is 0 Å². The third-order valence-corrected chi connectivity index (χ3v) is 5.22. The Morgan fingerprint density at radius 2 is 2.24 bits per heavy atom. The zero-order valence-corrected chi connectivity index (χ0v) is 14.8. The van der Waals surface area contributed by atoms with Gasteiger partial charge in [-0.1, -0.05) is 25.1 Å². The summed E-state index contributed by atoms with van der Waals surface area (Å²) >= 11 is 1.44. The Morgan fingerprint density at radius 3 is 3.12 bits per heavy atom. The number of rotatable bonds is 3. The molecule has 1 aliphatic carbocycles. The number of nitrogens with one attached hydrogen (secondary N) is 1. The van der Waals surface area contributed by atoms with E-state index < -0.39 is 0 Å². The first-order valence-electron chi connectivity index (χ1n) is 8.49. The Kier molecular flexibility index (Phi) is 4.36. The highest BCUT2D eigenvalue weighted by molar-refractivity contribution is 7.14. The lowest BCUT2D eigenvalue weighted by Gasteiger charge is -2.18. The first kappa shape index (κ1) is 16.0. The molecule has 2 aromatic heterocycles. The summed E-state index contributed by atoms with van der Waals surface area (Å²) in [5.74, 6) is 0.698. The highest BCUT2D eigenvalue weighted by Crippen LogP contribution is 2.26. The number of nitrogens with zero attached hydrogens (tertiary/aromatic N) is 2. The molecule has 6 heteroatoms. The van der Waals surface area contributed by atoms with Crippen molar-refractivity contribution in [3.63, 3.8) is 0 Å². The maximum Gasteiger partial charge on any atom is 0.345 e. The molecule has 3 aromatic rings. The SMILES string of the molecule is C[C@@H]1CCC/C(=N\Nc2nc(-c3cc4ccccc4oc3=O)cs2)C1. The van der Waals surface area contributed by atoms with Gasteiger partial charge in [0.25, 0.3) is 0 Å². The Balaban J connectivity index is 1.58. The van der Waals surface area contributed by atoms with Gasteiger partial charge in [-0.2, -0.15) is 5.10 Å². The topological polar surface area (TPSA) is 67.5 Å². The van der Waals surface area contributed by atoms with Gasteiger partial charge in [0, 0.05) is 16.5 Å². The van der Waals surface area contributed by atoms with Crippen LogP contribution in [0.1, 0.15) is 32.6 Å². The number of fused-ring (bicyclic) bond motifs is 1. The predicted molar refractivity (Wildman–Crippen MR) is 102 cm³/mol. The first-order chi connectivity index (χ1) is 12.2. The van der Waals surface area contributed by atoms with Crippen molar-refractivity contribution in [2.75, 3.05) is 5.43 Å². The van der Waals surface area contributed by atoms with Crippen LogP contribution in [0.4, 0.5) is 5.13 Å². The number of benzene rings is 1. The first-order valence-corrected chi connectivity index (χ1v) is 9.37. The van der Waals surface area contributed by atoms with Crippen molar-refractivity contribution in [1.82, 2.24) is 4.98 Å². The number of hydrogen-bond donors (Lipinski definition) is 1. The van der Waals surface area contributed by atoms with Gasteiger partial charge in [0.1, 0.15) is 5.58 Å². The van der Waals surface area contributed by atoms with Crippen LogP contribution in [0.25, 0.3) is 22.2 Å². The van der Waals surface area contributed by atoms with Gasteiger partial charge in [-0.25, -0.2) is 9.78 Å². The molecule has 0 spiro atoms. The molecule has 0 aliphatic heterocycles. The molecule has 1 aliphatic rings. The van der Waals surface area contributed by atoms with E-state index in [0.717, 1.165) is 18.2 Å². The lowest BCUT2D eigenvalue weighted by atomic mass is 9.89. The molecular formula is C19H19N3O2S. The third kappa shape index (κ3) is 3.49. The van der Waals surface area contributed by atoms with Crippen LogP contribution >= 0.6 is 11.3 Å². The Morgan fingerprint density at radius 1 is 1.36 bits per heavy atom. The predicted octanol–water partition coefficient (Wildman–Crippen LogP) is 4.89. The molecule has 1 saturated carbocycles. The fraction of sp³-hybridized carbons (Fsp3) is 0.316. The zero-order valence-electron chi connectivity index (χ0n) is 14.0. The van der Waals surface area contributed by atoms with Crippen molar-refractivity contribution in [2.45, 2.75) is 32.6 Å². The number of hydrazone groups is 1. The van der Waals surface area contributed by atoms with Gasteiger partial charge in [0.15, 0.2) is 0 Å². The van der Waals surface area contributed by atoms with Gasteiger partial charge < -0.3 is 4.42 Å². The second kappa shape index (κ2) is 6.80. The molecular weight excluding hydrogens is 334 g/mol. The van der Waals surface area contributed by atoms with Crippen LogP contribution in [0, 0.1) is 5.92 Å². The number of anilines is 1.